The van der Waals surface area contributed by atoms with E-state index in [1.165, 1.54) is 6.92 Å². The van der Waals surface area contributed by atoms with Crippen LogP contribution in [-0.2, 0) is 0 Å². The van der Waals surface area contributed by atoms with Crippen LogP contribution in [0.3, 0.4) is 0 Å². The lowest BCUT2D eigenvalue weighted by molar-refractivity contribution is -0.555. The van der Waals surface area contributed by atoms with Gasteiger partial charge in [-0.25, -0.2) is 0 Å². The third-order valence-electron chi connectivity index (χ3n) is 3.28. The molecule has 228 valence electrons. The molecular weight excluding hydrogens is 516 g/mol. The second-order valence-electron chi connectivity index (χ2n) is 8.46. The number of rotatable bonds is 9. The summed E-state index contributed by atoms with van der Waals surface area (Å²) in [5.41, 5.74) is -0.778. The zero-order valence-electron chi connectivity index (χ0n) is 24.2. The summed E-state index contributed by atoms with van der Waals surface area (Å²) in [5.74, 6) is 0. The number of hydrogen-bond acceptors (Lipinski definition) is 12. The lowest BCUT2D eigenvalue weighted by Gasteiger charge is -2.05. The first-order valence-electron chi connectivity index (χ1n) is 11.8. The van der Waals surface area contributed by atoms with Crippen molar-refractivity contribution < 1.29 is 29.5 Å². The van der Waals surface area contributed by atoms with Crippen LogP contribution < -0.4 is 0 Å². The summed E-state index contributed by atoms with van der Waals surface area (Å²) >= 11 is 0. The van der Waals surface area contributed by atoms with E-state index in [0.717, 1.165) is 6.42 Å². The summed E-state index contributed by atoms with van der Waals surface area (Å²) in [6, 6.07) is -0.801. The highest BCUT2D eigenvalue weighted by molar-refractivity contribution is 4.54. The van der Waals surface area contributed by atoms with Gasteiger partial charge in [0.15, 0.2) is 0 Å². The molecular formula is C20H46N6O12. The van der Waals surface area contributed by atoms with E-state index in [2.05, 4.69) is 0 Å². The van der Waals surface area contributed by atoms with E-state index in [1.807, 2.05) is 6.92 Å². The summed E-state index contributed by atoms with van der Waals surface area (Å²) in [4.78, 5) is 55.3. The molecule has 0 radical (unpaired) electrons. The van der Waals surface area contributed by atoms with Gasteiger partial charge >= 0.3 is 0 Å². The smallest absolute Gasteiger partial charge is 0.214 e. The van der Waals surface area contributed by atoms with Gasteiger partial charge in [0.1, 0.15) is 0 Å². The Balaban J connectivity index is -0.0000000811. The molecule has 18 nitrogen and oxygen atoms in total. The van der Waals surface area contributed by atoms with Crippen LogP contribution in [0.25, 0.3) is 0 Å². The summed E-state index contributed by atoms with van der Waals surface area (Å²) in [6.07, 6.45) is 2.86. The van der Waals surface area contributed by atoms with Gasteiger partial charge in [0.05, 0.1) is 0 Å². The molecule has 0 heterocycles. The van der Waals surface area contributed by atoms with Crippen LogP contribution in [-0.4, -0.2) is 66.8 Å². The Kier molecular flexibility index (Phi) is 39.4. The highest BCUT2D eigenvalue weighted by atomic mass is 16.6. The average Bonchev–Trinajstić information content (AvgIpc) is 2.78. The molecule has 1 unspecified atom stereocenters. The first-order chi connectivity index (χ1) is 17.1. The maximum Gasteiger partial charge on any atom is 0.214 e. The molecule has 1 atom stereocenters. The summed E-state index contributed by atoms with van der Waals surface area (Å²) in [7, 11) is 0. The van der Waals surface area contributed by atoms with Gasteiger partial charge in [0, 0.05) is 97.3 Å². The Bertz CT molecular complexity index is 655. The fourth-order valence-electron chi connectivity index (χ4n) is 0.619. The maximum atomic E-state index is 9.83. The number of hydrogen-bond donors (Lipinski definition) is 0. The van der Waals surface area contributed by atoms with E-state index in [9.17, 15) is 60.7 Å². The minimum atomic E-state index is -0.778. The molecule has 0 aromatic heterocycles. The van der Waals surface area contributed by atoms with E-state index in [-0.39, 0.29) is 55.2 Å². The highest BCUT2D eigenvalue weighted by Crippen LogP contribution is 2.02. The number of unbranched alkanes of at least 4 members (excludes halogenated alkanes) is 1. The second kappa shape index (κ2) is 31.4. The minimum absolute atomic E-state index is 0.0278. The Morgan fingerprint density at radius 2 is 0.921 bits per heavy atom. The van der Waals surface area contributed by atoms with Crippen molar-refractivity contribution in [2.24, 2.45) is 0 Å². The van der Waals surface area contributed by atoms with E-state index in [1.54, 1.807) is 55.4 Å². The molecule has 0 spiro atoms. The molecule has 0 rings (SSSR count). The van der Waals surface area contributed by atoms with Gasteiger partial charge in [-0.15, -0.1) is 0 Å². The highest BCUT2D eigenvalue weighted by Gasteiger charge is 2.21. The van der Waals surface area contributed by atoms with E-state index in [4.69, 9.17) is 0 Å². The van der Waals surface area contributed by atoms with E-state index in [0.29, 0.717) is 19.3 Å². The molecule has 0 aliphatic carbocycles. The average molecular weight is 563 g/mol. The van der Waals surface area contributed by atoms with Crippen LogP contribution in [0.15, 0.2) is 0 Å². The predicted octanol–water partition coefficient (Wildman–Crippen LogP) is 4.81. The normalized spacial score (nSPS) is 9.87. The zero-order chi connectivity index (χ0) is 32.1. The van der Waals surface area contributed by atoms with Crippen LogP contribution in [0.4, 0.5) is 0 Å². The lowest BCUT2D eigenvalue weighted by atomic mass is 10.1. The fourth-order valence-corrected chi connectivity index (χ4v) is 0.619. The van der Waals surface area contributed by atoms with Crippen molar-refractivity contribution in [1.29, 1.82) is 0 Å². The van der Waals surface area contributed by atoms with Crippen molar-refractivity contribution in [2.75, 3.05) is 19.6 Å². The standard InChI is InChI=1S/3C4H9NO2.2C3H7NO2.C2H5NO2/c1-4(2,3)5(6)7;1-3-4(2)5(6)7;1-2-3-4-5(6)7;1-3(2)4(5)6;1-2-3-4(5)6;1-2-3(4)5/h1-3H3;4H,3H2,1-2H3;2-4H2,1H3;3H,1-2H3;2-3H2,1H3;2H2,1H3. The summed E-state index contributed by atoms with van der Waals surface area (Å²) in [5, 5.41) is 57.2. The monoisotopic (exact) mass is 562 g/mol. The SMILES string of the molecule is CC(C)(C)[N+](=O)[O-].CC(C)[N+](=O)[O-].CCC(C)[N+](=O)[O-].CCCC[N+](=O)[O-].CCC[N+](=O)[O-].CC[N+](=O)[O-]. The van der Waals surface area contributed by atoms with Crippen molar-refractivity contribution in [3.63, 3.8) is 0 Å². The first-order valence-corrected chi connectivity index (χ1v) is 11.8. The molecule has 0 saturated carbocycles. The Hall–Kier alpha value is -3.60. The van der Waals surface area contributed by atoms with Gasteiger partial charge in [-0.1, -0.05) is 20.8 Å². The third-order valence-corrected chi connectivity index (χ3v) is 3.28. The van der Waals surface area contributed by atoms with Crippen LogP contribution >= 0.6 is 0 Å². The topological polar surface area (TPSA) is 259 Å². The number of nitrogens with zero attached hydrogens (tertiary/aromatic N) is 6. The van der Waals surface area contributed by atoms with Crippen LogP contribution in [0.5, 0.6) is 0 Å². The maximum absolute atomic E-state index is 9.83. The van der Waals surface area contributed by atoms with Crippen molar-refractivity contribution in [3.05, 3.63) is 60.7 Å². The fraction of sp³-hybridized carbons (Fsp3) is 1.00. The molecule has 0 amide bonds. The van der Waals surface area contributed by atoms with Gasteiger partial charge < -0.3 is 0 Å². The van der Waals surface area contributed by atoms with E-state index < -0.39 is 11.6 Å². The molecule has 0 fully saturated rings. The van der Waals surface area contributed by atoms with Crippen molar-refractivity contribution in [2.45, 2.75) is 113 Å². The lowest BCUT2D eigenvalue weighted by Crippen LogP contribution is -2.25. The molecule has 0 aliphatic heterocycles. The van der Waals surface area contributed by atoms with E-state index >= 15 is 0 Å². The van der Waals surface area contributed by atoms with Gasteiger partial charge in [-0.3, -0.25) is 60.7 Å². The van der Waals surface area contributed by atoms with Gasteiger partial charge in [0.2, 0.25) is 37.3 Å². The Labute approximate surface area is 223 Å². The molecule has 0 aromatic carbocycles. The Morgan fingerprint density at radius 3 is 0.947 bits per heavy atom. The third kappa shape index (κ3) is 69.8. The van der Waals surface area contributed by atoms with Crippen LogP contribution in [0, 0.1) is 60.7 Å². The molecule has 0 aromatic rings. The van der Waals surface area contributed by atoms with Gasteiger partial charge in [-0.2, -0.15) is 0 Å². The quantitative estimate of drug-likeness (QED) is 0.270. The van der Waals surface area contributed by atoms with Crippen molar-refractivity contribution in [3.8, 4) is 0 Å². The predicted molar refractivity (Wildman–Crippen MR) is 142 cm³/mol. The molecule has 0 bridgehead atoms. The van der Waals surface area contributed by atoms with Crippen molar-refractivity contribution in [1.82, 2.24) is 0 Å². The van der Waals surface area contributed by atoms with Crippen molar-refractivity contribution >= 4 is 0 Å². The molecule has 18 heteroatoms. The number of nitro groups is 6. The van der Waals surface area contributed by atoms with Crippen LogP contribution in [0.1, 0.15) is 94.9 Å². The summed E-state index contributed by atoms with van der Waals surface area (Å²) < 4.78 is 0. The van der Waals surface area contributed by atoms with Crippen LogP contribution in [0.2, 0.25) is 0 Å². The minimum Gasteiger partial charge on any atom is -0.265 e. The van der Waals surface area contributed by atoms with Gasteiger partial charge in [0.25, 0.3) is 0 Å². The first kappa shape index (κ1) is 47.6. The van der Waals surface area contributed by atoms with Gasteiger partial charge in [-0.05, 0) is 6.42 Å². The largest absolute Gasteiger partial charge is 0.265 e. The molecule has 0 N–H and O–H groups in total. The second-order valence-corrected chi connectivity index (χ2v) is 8.46. The summed E-state index contributed by atoms with van der Waals surface area (Å²) in [6.45, 7) is 16.6. The molecule has 0 saturated heterocycles. The Morgan fingerprint density at radius 1 is 0.605 bits per heavy atom. The zero-order valence-corrected chi connectivity index (χ0v) is 24.2. The molecule has 0 aliphatic rings. The molecule has 38 heavy (non-hydrogen) atoms.